The lowest BCUT2D eigenvalue weighted by molar-refractivity contribution is 0.0697. The van der Waals surface area contributed by atoms with Gasteiger partial charge in [-0.05, 0) is 55.4 Å². The number of aromatic carboxylic acids is 1. The van der Waals surface area contributed by atoms with Crippen LogP contribution >= 0.6 is 11.3 Å². The summed E-state index contributed by atoms with van der Waals surface area (Å²) in [6.07, 6.45) is 4.49. The molecule has 1 unspecified atom stereocenters. The molecule has 2 heterocycles. The lowest BCUT2D eigenvalue weighted by Crippen LogP contribution is -2.16. The predicted molar refractivity (Wildman–Crippen MR) is 102 cm³/mol. The number of hydrogen-bond donors (Lipinski definition) is 2. The third kappa shape index (κ3) is 3.24. The summed E-state index contributed by atoms with van der Waals surface area (Å²) in [5.74, 6) is -1.22. The number of carbonyl (C=O) groups is 1. The molecule has 4 rings (SSSR count). The van der Waals surface area contributed by atoms with Gasteiger partial charge in [0, 0.05) is 4.88 Å². The number of H-pyrrole nitrogens is 1. The van der Waals surface area contributed by atoms with Crippen molar-refractivity contribution >= 4 is 27.5 Å². The van der Waals surface area contributed by atoms with Crippen LogP contribution in [0.2, 0.25) is 0 Å². The Morgan fingerprint density at radius 2 is 2.04 bits per heavy atom. The lowest BCUT2D eigenvalue weighted by atomic mass is 9.97. The van der Waals surface area contributed by atoms with Gasteiger partial charge in [-0.25, -0.2) is 9.78 Å². The van der Waals surface area contributed by atoms with Crippen LogP contribution in [0.5, 0.6) is 0 Å². The zero-order chi connectivity index (χ0) is 19.0. The zero-order valence-corrected chi connectivity index (χ0v) is 15.3. The maximum absolute atomic E-state index is 12.7. The number of hydrogen-bond acceptors (Lipinski definition) is 5. The summed E-state index contributed by atoms with van der Waals surface area (Å²) in [6, 6.07) is 8.62. The van der Waals surface area contributed by atoms with Crippen molar-refractivity contribution in [1.29, 1.82) is 5.26 Å². The molecule has 0 fully saturated rings. The summed E-state index contributed by atoms with van der Waals surface area (Å²) in [7, 11) is 0. The van der Waals surface area contributed by atoms with Crippen molar-refractivity contribution in [1.82, 2.24) is 9.97 Å². The van der Waals surface area contributed by atoms with E-state index in [2.05, 4.69) is 16.0 Å². The van der Waals surface area contributed by atoms with E-state index in [1.54, 1.807) is 23.5 Å². The normalized spacial score (nSPS) is 14.5. The van der Waals surface area contributed by atoms with Gasteiger partial charge in [-0.2, -0.15) is 5.26 Å². The highest BCUT2D eigenvalue weighted by Crippen LogP contribution is 2.34. The van der Waals surface area contributed by atoms with Crippen LogP contribution < -0.4 is 5.56 Å². The Morgan fingerprint density at radius 3 is 2.74 bits per heavy atom. The molecule has 1 aliphatic carbocycles. The minimum absolute atomic E-state index is 0.170. The van der Waals surface area contributed by atoms with Crippen LogP contribution in [0.25, 0.3) is 10.2 Å². The van der Waals surface area contributed by atoms with Crippen molar-refractivity contribution in [3.05, 3.63) is 62.0 Å². The summed E-state index contributed by atoms with van der Waals surface area (Å²) in [6.45, 7) is 0. The molecule has 2 aromatic heterocycles. The molecule has 1 atom stereocenters. The molecule has 7 heteroatoms. The van der Waals surface area contributed by atoms with Crippen LogP contribution in [0.3, 0.4) is 0 Å². The van der Waals surface area contributed by atoms with Gasteiger partial charge in [0.2, 0.25) is 0 Å². The molecule has 1 aromatic carbocycles. The first-order valence-corrected chi connectivity index (χ1v) is 9.65. The Balaban J connectivity index is 1.68. The van der Waals surface area contributed by atoms with Crippen LogP contribution in [0.15, 0.2) is 29.1 Å². The fourth-order valence-corrected chi connectivity index (χ4v) is 4.84. The van der Waals surface area contributed by atoms with E-state index in [4.69, 9.17) is 5.11 Å². The van der Waals surface area contributed by atoms with Crippen LogP contribution in [0.4, 0.5) is 0 Å². The first-order chi connectivity index (χ1) is 13.1. The number of aromatic nitrogens is 2. The maximum Gasteiger partial charge on any atom is 0.335 e. The molecule has 6 nitrogen and oxygen atoms in total. The Kier molecular flexibility index (Phi) is 4.50. The van der Waals surface area contributed by atoms with Crippen molar-refractivity contribution < 1.29 is 9.90 Å². The van der Waals surface area contributed by atoms with Gasteiger partial charge < -0.3 is 10.1 Å². The molecule has 0 spiro atoms. The van der Waals surface area contributed by atoms with Crippen molar-refractivity contribution in [2.24, 2.45) is 0 Å². The average Bonchev–Trinajstić information content (AvgIpc) is 3.05. The summed E-state index contributed by atoms with van der Waals surface area (Å²) >= 11 is 1.56. The number of nitrogens with zero attached hydrogens (tertiary/aromatic N) is 2. The maximum atomic E-state index is 12.7. The number of benzene rings is 1. The van der Waals surface area contributed by atoms with Crippen molar-refractivity contribution in [2.45, 2.75) is 38.0 Å². The van der Waals surface area contributed by atoms with E-state index in [0.29, 0.717) is 22.5 Å². The Bertz CT molecular complexity index is 1120. The number of carboxylic acid groups (broad SMARTS) is 1. The molecule has 3 aromatic rings. The highest BCUT2D eigenvalue weighted by molar-refractivity contribution is 7.18. The third-order valence-electron chi connectivity index (χ3n) is 4.97. The number of aryl methyl sites for hydroxylation is 2. The second-order valence-corrected chi connectivity index (χ2v) is 7.81. The van der Waals surface area contributed by atoms with Gasteiger partial charge in [-0.3, -0.25) is 4.79 Å². The smallest absolute Gasteiger partial charge is 0.335 e. The van der Waals surface area contributed by atoms with E-state index in [-0.39, 0.29) is 11.1 Å². The van der Waals surface area contributed by atoms with Crippen LogP contribution in [-0.4, -0.2) is 21.0 Å². The van der Waals surface area contributed by atoms with E-state index in [0.717, 1.165) is 36.8 Å². The largest absolute Gasteiger partial charge is 0.478 e. The van der Waals surface area contributed by atoms with Crippen LogP contribution in [0, 0.1) is 11.3 Å². The number of nitrogens with one attached hydrogen (secondary N) is 1. The summed E-state index contributed by atoms with van der Waals surface area (Å²) in [5.41, 5.74) is 1.97. The molecule has 1 aliphatic rings. The first-order valence-electron chi connectivity index (χ1n) is 8.83. The number of aromatic amines is 1. The molecule has 2 N–H and O–H groups in total. The number of rotatable bonds is 4. The van der Waals surface area contributed by atoms with Gasteiger partial charge >= 0.3 is 5.97 Å². The second kappa shape index (κ2) is 6.97. The summed E-state index contributed by atoms with van der Waals surface area (Å²) in [4.78, 5) is 33.0. The molecule has 0 amide bonds. The average molecular weight is 379 g/mol. The van der Waals surface area contributed by atoms with Gasteiger partial charge in [0.1, 0.15) is 16.6 Å². The fraction of sp³-hybridized carbons (Fsp3) is 0.300. The van der Waals surface area contributed by atoms with Gasteiger partial charge in [-0.1, -0.05) is 12.1 Å². The topological polar surface area (TPSA) is 107 Å². The minimum atomic E-state index is -0.989. The number of fused-ring (bicyclic) bond motifs is 3. The fourth-order valence-electron chi connectivity index (χ4n) is 3.57. The van der Waals surface area contributed by atoms with Crippen molar-refractivity contribution in [3.8, 4) is 6.07 Å². The Hall–Kier alpha value is -2.98. The Morgan fingerprint density at radius 1 is 1.30 bits per heavy atom. The molecule has 0 saturated heterocycles. The van der Waals surface area contributed by atoms with Crippen molar-refractivity contribution in [2.75, 3.05) is 0 Å². The summed E-state index contributed by atoms with van der Waals surface area (Å²) < 4.78 is 0. The van der Waals surface area contributed by atoms with Gasteiger partial charge in [0.25, 0.3) is 5.56 Å². The highest BCUT2D eigenvalue weighted by atomic mass is 32.1. The predicted octanol–water partition coefficient (Wildman–Crippen LogP) is 3.41. The molecule has 27 heavy (non-hydrogen) atoms. The number of thiophene rings is 1. The molecule has 0 aliphatic heterocycles. The van der Waals surface area contributed by atoms with Crippen LogP contribution in [-0.2, 0) is 19.3 Å². The zero-order valence-electron chi connectivity index (χ0n) is 14.5. The van der Waals surface area contributed by atoms with Crippen LogP contribution in [0.1, 0.15) is 50.9 Å². The van der Waals surface area contributed by atoms with E-state index in [1.165, 1.54) is 17.0 Å². The van der Waals surface area contributed by atoms with Gasteiger partial charge in [0.05, 0.1) is 17.0 Å². The SMILES string of the molecule is N#CC(Cc1ccc(C(=O)O)cc1)c1nc2sc3c(c2c(=O)[nH]1)CCCC3. The molecule has 0 saturated carbocycles. The number of nitriles is 1. The van der Waals surface area contributed by atoms with E-state index in [9.17, 15) is 14.9 Å². The Labute approximate surface area is 159 Å². The highest BCUT2D eigenvalue weighted by Gasteiger charge is 2.22. The minimum Gasteiger partial charge on any atom is -0.478 e. The van der Waals surface area contributed by atoms with Gasteiger partial charge in [0.15, 0.2) is 0 Å². The van der Waals surface area contributed by atoms with Gasteiger partial charge in [-0.15, -0.1) is 11.3 Å². The molecule has 136 valence electrons. The molecular formula is C20H17N3O3S. The monoisotopic (exact) mass is 379 g/mol. The van der Waals surface area contributed by atoms with E-state index >= 15 is 0 Å². The standard InChI is InChI=1S/C20H17N3O3S/c21-10-13(9-11-5-7-12(8-6-11)20(25)26)17-22-18(24)16-14-3-1-2-4-15(14)27-19(16)23-17/h5-8,13H,1-4,9H2,(H,25,26)(H,22,23,24). The number of carboxylic acids is 1. The second-order valence-electron chi connectivity index (χ2n) is 6.73. The molecule has 0 radical (unpaired) electrons. The quantitative estimate of drug-likeness (QED) is 0.722. The molecule has 0 bridgehead atoms. The lowest BCUT2D eigenvalue weighted by Gasteiger charge is -2.10. The first kappa shape index (κ1) is 17.4. The van der Waals surface area contributed by atoms with E-state index in [1.807, 2.05) is 0 Å². The van der Waals surface area contributed by atoms with E-state index < -0.39 is 11.9 Å². The van der Waals surface area contributed by atoms with Crippen molar-refractivity contribution in [3.63, 3.8) is 0 Å². The molecular weight excluding hydrogens is 362 g/mol. The third-order valence-corrected chi connectivity index (χ3v) is 6.16. The summed E-state index contributed by atoms with van der Waals surface area (Å²) in [5, 5.41) is 19.3.